The number of halogens is 1. The Morgan fingerprint density at radius 1 is 1.03 bits per heavy atom. The van der Waals surface area contributed by atoms with Gasteiger partial charge in [0, 0.05) is 31.2 Å². The lowest BCUT2D eigenvalue weighted by Crippen LogP contribution is -2.45. The molecule has 1 aromatic carbocycles. The van der Waals surface area contributed by atoms with E-state index in [1.54, 1.807) is 0 Å². The Kier molecular flexibility index (Phi) is 5.87. The highest BCUT2D eigenvalue weighted by Crippen LogP contribution is 2.19. The molecule has 0 radical (unpaired) electrons. The first-order chi connectivity index (χ1) is 14.1. The molecule has 2 aliphatic rings. The van der Waals surface area contributed by atoms with E-state index < -0.39 is 0 Å². The summed E-state index contributed by atoms with van der Waals surface area (Å²) >= 11 is 6.26. The number of rotatable bonds is 4. The van der Waals surface area contributed by atoms with E-state index >= 15 is 0 Å². The molecule has 1 saturated heterocycles. The molecule has 1 fully saturated rings. The van der Waals surface area contributed by atoms with Gasteiger partial charge in [-0.15, -0.1) is 0 Å². The van der Waals surface area contributed by atoms with E-state index in [0.29, 0.717) is 29.3 Å². The maximum atomic E-state index is 6.26. The van der Waals surface area contributed by atoms with Gasteiger partial charge in [-0.25, -0.2) is 0 Å². The quantitative estimate of drug-likeness (QED) is 0.836. The minimum absolute atomic E-state index is 0.498. The van der Waals surface area contributed by atoms with E-state index in [1.165, 1.54) is 5.57 Å². The van der Waals surface area contributed by atoms with E-state index in [2.05, 4.69) is 49.0 Å². The summed E-state index contributed by atoms with van der Waals surface area (Å²) < 4.78 is 0. The third-order valence-corrected chi connectivity index (χ3v) is 5.21. The van der Waals surface area contributed by atoms with Crippen molar-refractivity contribution in [2.75, 3.05) is 50.0 Å². The van der Waals surface area contributed by atoms with E-state index in [9.17, 15) is 0 Å². The summed E-state index contributed by atoms with van der Waals surface area (Å²) in [6, 6.07) is 7.69. The molecule has 150 valence electrons. The Morgan fingerprint density at radius 3 is 2.55 bits per heavy atom. The highest BCUT2D eigenvalue weighted by atomic mass is 35.5. The lowest BCUT2D eigenvalue weighted by molar-refractivity contribution is 0.311. The maximum Gasteiger partial charge on any atom is 0.233 e. The monoisotopic (exact) mass is 409 g/mol. The Balaban J connectivity index is 1.63. The number of nitrogens with zero attached hydrogens (tertiary/aromatic N) is 6. The van der Waals surface area contributed by atoms with E-state index in [-0.39, 0.29) is 0 Å². The van der Waals surface area contributed by atoms with Gasteiger partial charge in [-0.1, -0.05) is 29.8 Å². The number of hydrogen-bond donors (Lipinski definition) is 1. The predicted octanol–water partition coefficient (Wildman–Crippen LogP) is 3.22. The van der Waals surface area contributed by atoms with Crippen molar-refractivity contribution in [1.82, 2.24) is 19.9 Å². The summed E-state index contributed by atoms with van der Waals surface area (Å²) in [7, 11) is 2.13. The van der Waals surface area contributed by atoms with E-state index in [1.807, 2.05) is 42.5 Å². The second kappa shape index (κ2) is 8.71. The van der Waals surface area contributed by atoms with Crippen molar-refractivity contribution in [2.45, 2.75) is 6.92 Å². The largest absolute Gasteiger partial charge is 0.338 e. The molecule has 29 heavy (non-hydrogen) atoms. The Labute approximate surface area is 175 Å². The first kappa shape index (κ1) is 19.5. The van der Waals surface area contributed by atoms with Crippen molar-refractivity contribution < 1.29 is 0 Å². The van der Waals surface area contributed by atoms with Crippen LogP contribution >= 0.6 is 11.6 Å². The number of nitrogens with one attached hydrogen (secondary N) is 1. The molecule has 7 nitrogen and oxygen atoms in total. The van der Waals surface area contributed by atoms with Gasteiger partial charge >= 0.3 is 0 Å². The van der Waals surface area contributed by atoms with Gasteiger partial charge < -0.3 is 15.1 Å². The Bertz CT molecular complexity index is 975. The van der Waals surface area contributed by atoms with Crippen LogP contribution in [0.4, 0.5) is 11.9 Å². The van der Waals surface area contributed by atoms with Crippen molar-refractivity contribution in [2.24, 2.45) is 4.99 Å². The van der Waals surface area contributed by atoms with Gasteiger partial charge in [0.1, 0.15) is 5.84 Å². The summed E-state index contributed by atoms with van der Waals surface area (Å²) in [5.41, 5.74) is 2.13. The molecule has 8 heteroatoms. The van der Waals surface area contributed by atoms with Crippen LogP contribution in [0, 0.1) is 0 Å². The summed E-state index contributed by atoms with van der Waals surface area (Å²) in [4.78, 5) is 22.8. The lowest BCUT2D eigenvalue weighted by Gasteiger charge is -2.32. The lowest BCUT2D eigenvalue weighted by atomic mass is 10.2. The number of piperazine rings is 1. The van der Waals surface area contributed by atoms with Gasteiger partial charge in [0.15, 0.2) is 5.82 Å². The van der Waals surface area contributed by atoms with Gasteiger partial charge in [0.05, 0.1) is 6.54 Å². The number of aliphatic imine (C=N–C) groups is 1. The zero-order chi connectivity index (χ0) is 20.2. The van der Waals surface area contributed by atoms with Crippen LogP contribution in [0.1, 0.15) is 18.3 Å². The molecule has 2 aromatic rings. The number of amidine groups is 1. The van der Waals surface area contributed by atoms with Crippen molar-refractivity contribution in [3.63, 3.8) is 0 Å². The number of aromatic nitrogens is 3. The topological polar surface area (TPSA) is 69.5 Å². The number of likely N-dealkylation sites (N-methyl/N-ethyl adjacent to an activating group) is 1. The average molecular weight is 410 g/mol. The minimum atomic E-state index is 0.498. The highest BCUT2D eigenvalue weighted by Gasteiger charge is 2.18. The molecule has 1 aromatic heterocycles. The van der Waals surface area contributed by atoms with Crippen molar-refractivity contribution in [3.8, 4) is 0 Å². The molecular weight excluding hydrogens is 386 g/mol. The molecule has 0 saturated carbocycles. The minimum Gasteiger partial charge on any atom is -0.338 e. The van der Waals surface area contributed by atoms with Crippen molar-refractivity contribution >= 4 is 41.5 Å². The molecule has 0 aliphatic carbocycles. The van der Waals surface area contributed by atoms with Crippen LogP contribution in [-0.2, 0) is 0 Å². The third-order valence-electron chi connectivity index (χ3n) is 4.87. The normalized spacial score (nSPS) is 17.6. The zero-order valence-corrected chi connectivity index (χ0v) is 17.4. The first-order valence-electron chi connectivity index (χ1n) is 9.68. The van der Waals surface area contributed by atoms with Crippen LogP contribution in [0.15, 0.2) is 40.9 Å². The van der Waals surface area contributed by atoms with Gasteiger partial charge in [-0.3, -0.25) is 4.99 Å². The average Bonchev–Trinajstić information content (AvgIpc) is 3.12. The van der Waals surface area contributed by atoms with Gasteiger partial charge in [-0.2, -0.15) is 15.0 Å². The van der Waals surface area contributed by atoms with E-state index in [4.69, 9.17) is 11.6 Å². The molecule has 0 bridgehead atoms. The number of benzene rings is 1. The second-order valence-electron chi connectivity index (χ2n) is 7.28. The molecular formula is C21H24ClN7. The van der Waals surface area contributed by atoms with Gasteiger partial charge in [-0.05, 0) is 49.4 Å². The zero-order valence-electron chi connectivity index (χ0n) is 16.6. The summed E-state index contributed by atoms with van der Waals surface area (Å²) in [5, 5.41) is 3.91. The molecule has 4 rings (SSSR count). The van der Waals surface area contributed by atoms with Crippen LogP contribution in [0.25, 0.3) is 12.2 Å². The molecule has 0 spiro atoms. The fourth-order valence-corrected chi connectivity index (χ4v) is 3.36. The second-order valence-corrected chi connectivity index (χ2v) is 7.69. The standard InChI is InChI=1S/C21H24ClN7/c1-15-13-19(23-14-15)25-20-24-18(8-7-16-5-3-4-6-17(16)22)26-21(27-20)29-11-9-28(2)10-12-29/h3-8,13H,9-12,14H2,1-2H3,(H,23,24,25,26,27)/b8-7+. The highest BCUT2D eigenvalue weighted by molar-refractivity contribution is 6.32. The number of hydrogen-bond acceptors (Lipinski definition) is 7. The SMILES string of the molecule is CC1=CC(Nc2nc(/C=C/c3ccccc3Cl)nc(N3CCN(C)CC3)n2)=NC1. The van der Waals surface area contributed by atoms with E-state index in [0.717, 1.165) is 37.6 Å². The molecule has 0 unspecified atom stereocenters. The third kappa shape index (κ3) is 4.99. The van der Waals surface area contributed by atoms with Crippen LogP contribution in [0.3, 0.4) is 0 Å². The summed E-state index contributed by atoms with van der Waals surface area (Å²) in [5.74, 6) is 2.53. The fourth-order valence-electron chi connectivity index (χ4n) is 3.16. The smallest absolute Gasteiger partial charge is 0.233 e. The van der Waals surface area contributed by atoms with Gasteiger partial charge in [0.2, 0.25) is 11.9 Å². The Morgan fingerprint density at radius 2 is 1.83 bits per heavy atom. The molecule has 3 heterocycles. The number of anilines is 2. The molecule has 1 N–H and O–H groups in total. The molecule has 0 atom stereocenters. The maximum absolute atomic E-state index is 6.26. The van der Waals surface area contributed by atoms with Crippen molar-refractivity contribution in [1.29, 1.82) is 0 Å². The molecule has 0 amide bonds. The fraction of sp³-hybridized carbons (Fsp3) is 0.333. The summed E-state index contributed by atoms with van der Waals surface area (Å²) in [6.07, 6.45) is 5.80. The van der Waals surface area contributed by atoms with Crippen LogP contribution < -0.4 is 10.2 Å². The van der Waals surface area contributed by atoms with Gasteiger partial charge in [0.25, 0.3) is 0 Å². The van der Waals surface area contributed by atoms with Crippen LogP contribution in [0.5, 0.6) is 0 Å². The van der Waals surface area contributed by atoms with Crippen LogP contribution in [0.2, 0.25) is 5.02 Å². The summed E-state index contributed by atoms with van der Waals surface area (Å²) in [6.45, 7) is 6.49. The van der Waals surface area contributed by atoms with Crippen LogP contribution in [-0.4, -0.2) is 65.5 Å². The van der Waals surface area contributed by atoms with Crippen molar-refractivity contribution in [3.05, 3.63) is 52.3 Å². The molecule has 2 aliphatic heterocycles. The first-order valence-corrected chi connectivity index (χ1v) is 10.1. The Hall–Kier alpha value is -2.77. The predicted molar refractivity (Wildman–Crippen MR) is 120 cm³/mol.